The van der Waals surface area contributed by atoms with Crippen molar-refractivity contribution in [2.45, 2.75) is 18.0 Å². The molecule has 4 aromatic rings. The summed E-state index contributed by atoms with van der Waals surface area (Å²) in [5, 5.41) is 7.30. The lowest BCUT2D eigenvalue weighted by molar-refractivity contribution is -0.137. The molecule has 0 amide bonds. The molecule has 160 valence electrons. The van der Waals surface area contributed by atoms with Crippen LogP contribution in [0.1, 0.15) is 11.1 Å². The van der Waals surface area contributed by atoms with Crippen molar-refractivity contribution in [1.29, 1.82) is 0 Å². The average Bonchev–Trinajstić information content (AvgIpc) is 3.16. The van der Waals surface area contributed by atoms with Crippen LogP contribution in [0.5, 0.6) is 5.75 Å². The lowest BCUT2D eigenvalue weighted by atomic mass is 9.96. The lowest BCUT2D eigenvalue weighted by Crippen LogP contribution is -2.27. The van der Waals surface area contributed by atoms with Gasteiger partial charge < -0.3 is 4.84 Å². The summed E-state index contributed by atoms with van der Waals surface area (Å²) in [6.45, 7) is 1.42. The molecule has 0 aliphatic carbocycles. The minimum absolute atomic E-state index is 0.0434. The molecule has 0 saturated heterocycles. The van der Waals surface area contributed by atoms with Gasteiger partial charge in [0, 0.05) is 16.5 Å². The van der Waals surface area contributed by atoms with Gasteiger partial charge in [-0.05, 0) is 42.1 Å². The first kappa shape index (κ1) is 20.9. The van der Waals surface area contributed by atoms with E-state index in [-0.39, 0.29) is 27.5 Å². The number of alkyl halides is 3. The molecule has 0 aliphatic rings. The number of aromatic amines is 1. The molecule has 0 saturated carbocycles. The van der Waals surface area contributed by atoms with Gasteiger partial charge in [-0.15, -0.1) is 0 Å². The molecule has 1 heterocycles. The highest BCUT2D eigenvalue weighted by Crippen LogP contribution is 2.43. The summed E-state index contributed by atoms with van der Waals surface area (Å²) in [5.41, 5.74) is -0.345. The van der Waals surface area contributed by atoms with Gasteiger partial charge in [-0.3, -0.25) is 5.10 Å². The average molecular weight is 447 g/mol. The van der Waals surface area contributed by atoms with Gasteiger partial charge in [0.25, 0.3) is 10.0 Å². The van der Waals surface area contributed by atoms with Crippen LogP contribution in [-0.4, -0.2) is 18.6 Å². The Kier molecular flexibility index (Phi) is 5.19. The molecule has 1 aromatic heterocycles. The Labute approximate surface area is 175 Å². The quantitative estimate of drug-likeness (QED) is 0.429. The minimum Gasteiger partial charge on any atom is -0.393 e. The van der Waals surface area contributed by atoms with Crippen LogP contribution in [0.4, 0.5) is 13.2 Å². The first-order chi connectivity index (χ1) is 14.7. The summed E-state index contributed by atoms with van der Waals surface area (Å²) in [4.78, 5) is 7.15. The number of nitrogens with one attached hydrogen (secondary N) is 2. The van der Waals surface area contributed by atoms with Gasteiger partial charge in [0.15, 0.2) is 5.75 Å². The number of rotatable bonds is 5. The molecule has 0 bridgehead atoms. The molecule has 0 atom stereocenters. The molecule has 0 aliphatic heterocycles. The molecule has 3 aromatic carbocycles. The van der Waals surface area contributed by atoms with E-state index in [0.717, 1.165) is 12.1 Å². The Morgan fingerprint density at radius 2 is 1.65 bits per heavy atom. The number of halogens is 3. The van der Waals surface area contributed by atoms with E-state index in [2.05, 4.69) is 10.2 Å². The highest BCUT2D eigenvalue weighted by atomic mass is 32.2. The Morgan fingerprint density at radius 1 is 0.968 bits per heavy atom. The van der Waals surface area contributed by atoms with Gasteiger partial charge in [-0.1, -0.05) is 36.4 Å². The number of hydrogen-bond acceptors (Lipinski definition) is 4. The largest absolute Gasteiger partial charge is 0.417 e. The molecule has 31 heavy (non-hydrogen) atoms. The van der Waals surface area contributed by atoms with Crippen molar-refractivity contribution in [3.8, 4) is 17.0 Å². The SMILES string of the molecule is Cc1c(ONS(=O)(=O)c2ccccc2)ccc(C(F)(F)F)c1-c1n[nH]c2ccccc12. The summed E-state index contributed by atoms with van der Waals surface area (Å²) >= 11 is 0. The van der Waals surface area contributed by atoms with Crippen molar-refractivity contribution in [3.05, 3.63) is 77.9 Å². The molecular formula is C21H16F3N3O3S. The highest BCUT2D eigenvalue weighted by molar-refractivity contribution is 7.89. The molecule has 10 heteroatoms. The second kappa shape index (κ2) is 7.71. The molecule has 0 radical (unpaired) electrons. The van der Waals surface area contributed by atoms with Gasteiger partial charge >= 0.3 is 6.18 Å². The van der Waals surface area contributed by atoms with Crippen molar-refractivity contribution >= 4 is 20.9 Å². The van der Waals surface area contributed by atoms with Crippen molar-refractivity contribution in [1.82, 2.24) is 15.1 Å². The van der Waals surface area contributed by atoms with Crippen LogP contribution in [0, 0.1) is 6.92 Å². The second-order valence-corrected chi connectivity index (χ2v) is 8.37. The fraction of sp³-hybridized carbons (Fsp3) is 0.0952. The normalized spacial score (nSPS) is 12.3. The number of hydrogen-bond donors (Lipinski definition) is 2. The number of para-hydroxylation sites is 1. The highest BCUT2D eigenvalue weighted by Gasteiger charge is 2.36. The Balaban J connectivity index is 1.79. The van der Waals surface area contributed by atoms with Gasteiger partial charge in [-0.2, -0.15) is 18.3 Å². The second-order valence-electron chi connectivity index (χ2n) is 6.73. The van der Waals surface area contributed by atoms with E-state index in [0.29, 0.717) is 10.9 Å². The smallest absolute Gasteiger partial charge is 0.393 e. The summed E-state index contributed by atoms with van der Waals surface area (Å²) in [7, 11) is -4.03. The molecule has 0 unspecified atom stereocenters. The molecule has 2 N–H and O–H groups in total. The van der Waals surface area contributed by atoms with Gasteiger partial charge in [0.2, 0.25) is 0 Å². The van der Waals surface area contributed by atoms with Crippen molar-refractivity contribution < 1.29 is 26.4 Å². The van der Waals surface area contributed by atoms with E-state index in [1.807, 2.05) is 4.89 Å². The number of fused-ring (bicyclic) bond motifs is 1. The minimum atomic E-state index is -4.65. The zero-order chi connectivity index (χ0) is 22.2. The van der Waals surface area contributed by atoms with E-state index >= 15 is 0 Å². The molecule has 6 nitrogen and oxygen atoms in total. The third-order valence-electron chi connectivity index (χ3n) is 4.74. The van der Waals surface area contributed by atoms with Crippen LogP contribution in [0.2, 0.25) is 0 Å². The van der Waals surface area contributed by atoms with Crippen LogP contribution in [0.15, 0.2) is 71.6 Å². The first-order valence-electron chi connectivity index (χ1n) is 9.06. The number of sulfonamides is 1. The van der Waals surface area contributed by atoms with Crippen LogP contribution >= 0.6 is 0 Å². The maximum absolute atomic E-state index is 13.8. The third kappa shape index (κ3) is 3.99. The molecule has 4 rings (SSSR count). The van der Waals surface area contributed by atoms with E-state index in [1.54, 1.807) is 42.5 Å². The third-order valence-corrected chi connectivity index (χ3v) is 5.94. The van der Waals surface area contributed by atoms with Crippen molar-refractivity contribution in [2.75, 3.05) is 0 Å². The number of benzene rings is 3. The van der Waals surface area contributed by atoms with Crippen molar-refractivity contribution in [2.24, 2.45) is 0 Å². The molecular weight excluding hydrogens is 431 g/mol. The van der Waals surface area contributed by atoms with E-state index in [4.69, 9.17) is 4.84 Å². The summed E-state index contributed by atoms with van der Waals surface area (Å²) < 4.78 is 66.1. The number of nitrogens with zero attached hydrogens (tertiary/aromatic N) is 1. The predicted molar refractivity (Wildman–Crippen MR) is 109 cm³/mol. The monoisotopic (exact) mass is 447 g/mol. The maximum atomic E-state index is 13.8. The fourth-order valence-corrected chi connectivity index (χ4v) is 4.06. The molecule has 0 fully saturated rings. The van der Waals surface area contributed by atoms with Crippen LogP contribution in [-0.2, 0) is 16.2 Å². The number of aromatic nitrogens is 2. The van der Waals surface area contributed by atoms with Gasteiger partial charge in [0.1, 0.15) is 5.69 Å². The van der Waals surface area contributed by atoms with Crippen LogP contribution < -0.4 is 9.72 Å². The zero-order valence-electron chi connectivity index (χ0n) is 16.1. The van der Waals surface area contributed by atoms with E-state index in [9.17, 15) is 21.6 Å². The van der Waals surface area contributed by atoms with E-state index in [1.165, 1.54) is 19.1 Å². The number of H-pyrrole nitrogens is 1. The zero-order valence-corrected chi connectivity index (χ0v) is 16.9. The summed E-state index contributed by atoms with van der Waals surface area (Å²) in [5.74, 6) is -0.0745. The topological polar surface area (TPSA) is 84.1 Å². The molecule has 0 spiro atoms. The predicted octanol–water partition coefficient (Wildman–Crippen LogP) is 4.83. The lowest BCUT2D eigenvalue weighted by Gasteiger charge is -2.17. The summed E-state index contributed by atoms with van der Waals surface area (Å²) in [6, 6.07) is 16.2. The van der Waals surface area contributed by atoms with Gasteiger partial charge in [0.05, 0.1) is 16.0 Å². The summed E-state index contributed by atoms with van der Waals surface area (Å²) in [6.07, 6.45) is -4.65. The first-order valence-corrected chi connectivity index (χ1v) is 10.5. The Morgan fingerprint density at radius 3 is 2.35 bits per heavy atom. The van der Waals surface area contributed by atoms with Crippen LogP contribution in [0.25, 0.3) is 22.2 Å². The van der Waals surface area contributed by atoms with Gasteiger partial charge in [-0.25, -0.2) is 8.42 Å². The maximum Gasteiger partial charge on any atom is 0.417 e. The van der Waals surface area contributed by atoms with Crippen LogP contribution in [0.3, 0.4) is 0 Å². The standard InChI is InChI=1S/C21H16F3N3O3S/c1-13-18(30-27-31(28,29)14-7-3-2-4-8-14)12-11-16(21(22,23)24)19(13)20-15-9-5-6-10-17(15)25-26-20/h2-12,27H,1H3,(H,25,26). The van der Waals surface area contributed by atoms with E-state index < -0.39 is 21.8 Å². The Bertz CT molecular complexity index is 1350. The van der Waals surface area contributed by atoms with Crippen molar-refractivity contribution in [3.63, 3.8) is 0 Å². The Hall–Kier alpha value is -3.37. The fourth-order valence-electron chi connectivity index (χ4n) is 3.25.